The summed E-state index contributed by atoms with van der Waals surface area (Å²) in [6.07, 6.45) is 0.620. The van der Waals surface area contributed by atoms with Gasteiger partial charge in [0.25, 0.3) is 0 Å². The Bertz CT molecular complexity index is 566. The van der Waals surface area contributed by atoms with Crippen molar-refractivity contribution in [3.8, 4) is 0 Å². The van der Waals surface area contributed by atoms with E-state index in [2.05, 4.69) is 40.8 Å². The topological polar surface area (TPSA) is 65.1 Å². The number of nitrogens with zero attached hydrogens (tertiary/aromatic N) is 3. The summed E-state index contributed by atoms with van der Waals surface area (Å²) in [5.74, 6) is -0.186. The fraction of sp³-hybridized carbons (Fsp3) is 0.955. The Balaban J connectivity index is 2.80. The lowest BCUT2D eigenvalue weighted by Gasteiger charge is -2.34. The zero-order chi connectivity index (χ0) is 23.0. The summed E-state index contributed by atoms with van der Waals surface area (Å²) >= 11 is 0. The van der Waals surface area contributed by atoms with Crippen molar-refractivity contribution >= 4 is 13.1 Å². The lowest BCUT2D eigenvalue weighted by molar-refractivity contribution is -0.156. The first-order valence-corrected chi connectivity index (χ1v) is 14.1. The van der Waals surface area contributed by atoms with Gasteiger partial charge in [-0.3, -0.25) is 14.6 Å². The van der Waals surface area contributed by atoms with Crippen LogP contribution in [0.4, 0.5) is 0 Å². The average molecular weight is 447 g/mol. The van der Waals surface area contributed by atoms with E-state index in [1.165, 1.54) is 0 Å². The Morgan fingerprint density at radius 3 is 1.87 bits per heavy atom. The minimum atomic E-state index is -2.16. The molecule has 1 aliphatic rings. The molecule has 1 fully saturated rings. The van der Waals surface area contributed by atoms with Crippen molar-refractivity contribution in [2.75, 3.05) is 85.1 Å². The summed E-state index contributed by atoms with van der Waals surface area (Å²) in [7, 11) is -2.16. The van der Waals surface area contributed by atoms with Crippen LogP contribution in [0.15, 0.2) is 0 Å². The van der Waals surface area contributed by atoms with Crippen molar-refractivity contribution in [1.82, 2.24) is 20.0 Å². The number of carbonyl (C=O) groups is 1. The lowest BCUT2D eigenvalue weighted by atomic mass is 9.96. The number of hydrogen-bond donors (Lipinski definition) is 1. The second-order valence-corrected chi connectivity index (χ2v) is 14.7. The molecule has 8 heteroatoms. The van der Waals surface area contributed by atoms with E-state index >= 15 is 0 Å². The molecule has 0 aromatic heterocycles. The molecule has 1 rings (SSSR count). The molecule has 1 saturated heterocycles. The number of carbonyl (C=O) groups excluding carboxylic acids is 1. The Morgan fingerprint density at radius 1 is 0.867 bits per heavy atom. The van der Waals surface area contributed by atoms with Gasteiger partial charge in [-0.05, 0) is 39.5 Å². The molecule has 0 amide bonds. The average Bonchev–Trinajstić information content (AvgIpc) is 2.50. The van der Waals surface area contributed by atoms with E-state index in [9.17, 15) is 9.36 Å². The summed E-state index contributed by atoms with van der Waals surface area (Å²) in [6.45, 7) is 24.5. The van der Waals surface area contributed by atoms with Gasteiger partial charge in [0.1, 0.15) is 5.60 Å². The zero-order valence-corrected chi connectivity index (χ0v) is 21.7. The van der Waals surface area contributed by atoms with E-state index < -0.39 is 12.7 Å². The van der Waals surface area contributed by atoms with Crippen LogP contribution in [-0.2, 0) is 14.1 Å². The summed E-state index contributed by atoms with van der Waals surface area (Å²) in [5, 5.41) is 3.53. The van der Waals surface area contributed by atoms with E-state index in [1.807, 2.05) is 34.1 Å². The molecule has 30 heavy (non-hydrogen) atoms. The first kappa shape index (κ1) is 27.6. The third-order valence-corrected chi connectivity index (χ3v) is 5.77. The fourth-order valence-corrected chi connectivity index (χ4v) is 4.91. The highest BCUT2D eigenvalue weighted by molar-refractivity contribution is 7.62. The predicted molar refractivity (Wildman–Crippen MR) is 127 cm³/mol. The number of nitrogens with one attached hydrogen (secondary N) is 1. The highest BCUT2D eigenvalue weighted by Gasteiger charge is 2.22. The molecule has 0 aliphatic carbocycles. The molecule has 0 aromatic carbocycles. The number of esters is 1. The van der Waals surface area contributed by atoms with Gasteiger partial charge in [0.05, 0.1) is 20.0 Å². The SMILES string of the molecule is CC(C)(C)CN1CCNCCN(CC(=O)OC(C)(C)C)CCN(CP(C)(C)=O)CC1. The minimum absolute atomic E-state index is 0.186. The molecule has 0 unspecified atom stereocenters. The van der Waals surface area contributed by atoms with Crippen LogP contribution in [0.25, 0.3) is 0 Å². The maximum Gasteiger partial charge on any atom is 0.320 e. The van der Waals surface area contributed by atoms with Crippen molar-refractivity contribution < 1.29 is 14.1 Å². The van der Waals surface area contributed by atoms with Crippen LogP contribution in [0.2, 0.25) is 0 Å². The van der Waals surface area contributed by atoms with Gasteiger partial charge in [0, 0.05) is 58.9 Å². The fourth-order valence-electron chi connectivity index (χ4n) is 3.67. The van der Waals surface area contributed by atoms with E-state index in [0.29, 0.717) is 12.8 Å². The molecule has 0 aromatic rings. The molecule has 0 atom stereocenters. The standard InChI is InChI=1S/C22H47N4O3P/c1-21(2,3)18-25-12-10-23-9-11-24(17-20(27)29-22(4,5)6)13-15-26(16-14-25)19-30(7,8)28/h23H,9-19H2,1-8H3. The molecular weight excluding hydrogens is 399 g/mol. The second kappa shape index (κ2) is 12.0. The molecule has 0 spiro atoms. The first-order valence-electron chi connectivity index (χ1n) is 11.3. The van der Waals surface area contributed by atoms with Gasteiger partial charge in [0.15, 0.2) is 0 Å². The van der Waals surface area contributed by atoms with Crippen molar-refractivity contribution in [1.29, 1.82) is 0 Å². The van der Waals surface area contributed by atoms with Crippen LogP contribution in [0.3, 0.4) is 0 Å². The number of hydrogen-bond acceptors (Lipinski definition) is 7. The van der Waals surface area contributed by atoms with Crippen molar-refractivity contribution in [2.45, 2.75) is 47.1 Å². The Morgan fingerprint density at radius 2 is 1.37 bits per heavy atom. The van der Waals surface area contributed by atoms with Gasteiger partial charge in [-0.15, -0.1) is 0 Å². The molecule has 1 aliphatic heterocycles. The number of ether oxygens (including phenoxy) is 1. The van der Waals surface area contributed by atoms with Gasteiger partial charge < -0.3 is 19.5 Å². The van der Waals surface area contributed by atoms with Crippen molar-refractivity contribution in [3.63, 3.8) is 0 Å². The largest absolute Gasteiger partial charge is 0.459 e. The van der Waals surface area contributed by atoms with Crippen molar-refractivity contribution in [3.05, 3.63) is 0 Å². The monoisotopic (exact) mass is 446 g/mol. The molecule has 0 bridgehead atoms. The maximum absolute atomic E-state index is 12.5. The molecular formula is C22H47N4O3P. The Kier molecular flexibility index (Phi) is 11.0. The Labute approximate surface area is 185 Å². The molecule has 1 N–H and O–H groups in total. The molecule has 0 radical (unpaired) electrons. The van der Waals surface area contributed by atoms with Crippen LogP contribution >= 0.6 is 7.14 Å². The van der Waals surface area contributed by atoms with E-state index in [1.54, 1.807) is 0 Å². The third kappa shape index (κ3) is 14.5. The summed E-state index contributed by atoms with van der Waals surface area (Å²) in [6, 6.07) is 0. The van der Waals surface area contributed by atoms with Crippen LogP contribution in [0.1, 0.15) is 41.5 Å². The summed E-state index contributed by atoms with van der Waals surface area (Å²) < 4.78 is 18.0. The maximum atomic E-state index is 12.5. The van der Waals surface area contributed by atoms with E-state index in [-0.39, 0.29) is 11.4 Å². The normalized spacial score (nSPS) is 20.4. The van der Waals surface area contributed by atoms with Gasteiger partial charge in [0.2, 0.25) is 0 Å². The highest BCUT2D eigenvalue weighted by atomic mass is 31.2. The molecule has 178 valence electrons. The quantitative estimate of drug-likeness (QED) is 0.514. The second-order valence-electron chi connectivity index (χ2n) is 11.3. The molecule has 0 saturated carbocycles. The molecule has 7 nitrogen and oxygen atoms in total. The Hall–Kier alpha value is -0.460. The zero-order valence-electron chi connectivity index (χ0n) is 20.8. The third-order valence-electron chi connectivity index (χ3n) is 4.69. The summed E-state index contributed by atoms with van der Waals surface area (Å²) in [4.78, 5) is 19.3. The van der Waals surface area contributed by atoms with Gasteiger partial charge >= 0.3 is 5.97 Å². The van der Waals surface area contributed by atoms with Crippen LogP contribution in [0.5, 0.6) is 0 Å². The van der Waals surface area contributed by atoms with Crippen molar-refractivity contribution in [2.24, 2.45) is 5.41 Å². The van der Waals surface area contributed by atoms with Crippen LogP contribution in [0, 0.1) is 5.41 Å². The van der Waals surface area contributed by atoms with Gasteiger partial charge in [-0.2, -0.15) is 0 Å². The van der Waals surface area contributed by atoms with Crippen LogP contribution in [-0.4, -0.2) is 111 Å². The van der Waals surface area contributed by atoms with E-state index in [4.69, 9.17) is 4.74 Å². The first-order chi connectivity index (χ1) is 13.6. The lowest BCUT2D eigenvalue weighted by Crippen LogP contribution is -2.47. The van der Waals surface area contributed by atoms with Gasteiger partial charge in [-0.25, -0.2) is 0 Å². The van der Waals surface area contributed by atoms with E-state index in [0.717, 1.165) is 58.9 Å². The molecule has 1 heterocycles. The number of rotatable bonds is 5. The minimum Gasteiger partial charge on any atom is -0.459 e. The highest BCUT2D eigenvalue weighted by Crippen LogP contribution is 2.36. The predicted octanol–water partition coefficient (Wildman–Crippen LogP) is 2.46. The smallest absolute Gasteiger partial charge is 0.320 e. The van der Waals surface area contributed by atoms with Crippen LogP contribution < -0.4 is 5.32 Å². The summed E-state index contributed by atoms with van der Waals surface area (Å²) in [5.41, 5.74) is -0.224. The van der Waals surface area contributed by atoms with Gasteiger partial charge in [-0.1, -0.05) is 20.8 Å².